The van der Waals surface area contributed by atoms with Gasteiger partial charge in [0.25, 0.3) is 0 Å². The second kappa shape index (κ2) is 4.78. The number of benzene rings is 1. The summed E-state index contributed by atoms with van der Waals surface area (Å²) in [5, 5.41) is 0. The second-order valence-corrected chi connectivity index (χ2v) is 2.89. The van der Waals surface area contributed by atoms with Crippen LogP contribution < -0.4 is 11.9 Å². The van der Waals surface area contributed by atoms with Crippen LogP contribution in [0.5, 0.6) is 0 Å². The largest absolute Gasteiger partial charge is 0.398 e. The molecule has 0 aromatic heterocycles. The van der Waals surface area contributed by atoms with E-state index in [1.54, 1.807) is 0 Å². The average Bonchev–Trinajstić information content (AvgIpc) is 1.97. The molecule has 0 fully saturated rings. The van der Waals surface area contributed by atoms with Crippen LogP contribution in [0.4, 0.5) is 5.69 Å². The Bertz CT molecular complexity index is 223. The van der Waals surface area contributed by atoms with Gasteiger partial charge in [0.05, 0.1) is 0 Å². The summed E-state index contributed by atoms with van der Waals surface area (Å²) >= 11 is 0. The van der Waals surface area contributed by atoms with E-state index in [9.17, 15) is 0 Å². The summed E-state index contributed by atoms with van der Waals surface area (Å²) in [6.45, 7) is 4.28. The minimum Gasteiger partial charge on any atom is -0.398 e. The first-order valence-electron chi connectivity index (χ1n) is 4.09. The number of anilines is 1. The van der Waals surface area contributed by atoms with Gasteiger partial charge in [-0.3, -0.25) is 0 Å². The molecule has 2 heteroatoms. The van der Waals surface area contributed by atoms with E-state index in [2.05, 4.69) is 19.9 Å². The van der Waals surface area contributed by atoms with Crippen LogP contribution in [0.15, 0.2) is 18.2 Å². The lowest BCUT2D eigenvalue weighted by Crippen LogP contribution is -1.96. The molecule has 0 aliphatic heterocycles. The summed E-state index contributed by atoms with van der Waals surface area (Å²) in [6.07, 6.45) is 2.26. The summed E-state index contributed by atoms with van der Waals surface area (Å²) in [5.41, 5.74) is 9.37. The molecular formula is C10H18N2. The number of hydrogen-bond donors (Lipinski definition) is 2. The molecule has 68 valence electrons. The Hall–Kier alpha value is -1.02. The van der Waals surface area contributed by atoms with Gasteiger partial charge in [-0.2, -0.15) is 0 Å². The van der Waals surface area contributed by atoms with Crippen molar-refractivity contribution >= 4 is 5.69 Å². The van der Waals surface area contributed by atoms with Gasteiger partial charge in [0.1, 0.15) is 0 Å². The third kappa shape index (κ3) is 2.24. The number of aryl methyl sites for hydroxylation is 1. The predicted octanol–water partition coefficient (Wildman–Crippen LogP) is 2.69. The van der Waals surface area contributed by atoms with Crippen LogP contribution in [-0.2, 0) is 6.42 Å². The molecule has 0 spiro atoms. The van der Waals surface area contributed by atoms with Crippen LogP contribution in [0.1, 0.15) is 24.5 Å². The lowest BCUT2D eigenvalue weighted by Gasteiger charge is -2.06. The molecular weight excluding hydrogens is 148 g/mol. The van der Waals surface area contributed by atoms with Crippen molar-refractivity contribution in [3.8, 4) is 0 Å². The summed E-state index contributed by atoms with van der Waals surface area (Å²) in [7, 11) is 0. The van der Waals surface area contributed by atoms with Crippen LogP contribution in [0.2, 0.25) is 0 Å². The zero-order chi connectivity index (χ0) is 8.27. The molecule has 0 heterocycles. The van der Waals surface area contributed by atoms with E-state index in [-0.39, 0.29) is 6.15 Å². The molecule has 0 saturated heterocycles. The van der Waals surface area contributed by atoms with Gasteiger partial charge in [-0.25, -0.2) is 0 Å². The van der Waals surface area contributed by atoms with Gasteiger partial charge in [-0.15, -0.1) is 0 Å². The third-order valence-electron chi connectivity index (χ3n) is 1.95. The van der Waals surface area contributed by atoms with Crippen molar-refractivity contribution in [2.75, 3.05) is 5.73 Å². The number of rotatable bonds is 2. The van der Waals surface area contributed by atoms with E-state index in [0.29, 0.717) is 0 Å². The molecule has 1 aromatic rings. The maximum absolute atomic E-state index is 5.81. The Labute approximate surface area is 74.4 Å². The first kappa shape index (κ1) is 11.0. The molecule has 1 rings (SSSR count). The molecule has 2 nitrogen and oxygen atoms in total. The molecule has 0 saturated carbocycles. The highest BCUT2D eigenvalue weighted by molar-refractivity contribution is 5.50. The lowest BCUT2D eigenvalue weighted by atomic mass is 10.0. The van der Waals surface area contributed by atoms with E-state index in [1.165, 1.54) is 11.1 Å². The van der Waals surface area contributed by atoms with Gasteiger partial charge in [0, 0.05) is 5.69 Å². The van der Waals surface area contributed by atoms with Gasteiger partial charge < -0.3 is 11.9 Å². The Kier molecular flexibility index (Phi) is 4.37. The zero-order valence-corrected chi connectivity index (χ0v) is 7.93. The molecule has 0 atom stereocenters. The van der Waals surface area contributed by atoms with Crippen LogP contribution in [-0.4, -0.2) is 0 Å². The summed E-state index contributed by atoms with van der Waals surface area (Å²) in [5.74, 6) is 0. The van der Waals surface area contributed by atoms with E-state index in [0.717, 1.165) is 18.5 Å². The maximum atomic E-state index is 5.81. The topological polar surface area (TPSA) is 61.0 Å². The van der Waals surface area contributed by atoms with Crippen molar-refractivity contribution in [1.82, 2.24) is 6.15 Å². The Morgan fingerprint density at radius 1 is 1.33 bits per heavy atom. The Balaban J connectivity index is 0.00000121. The van der Waals surface area contributed by atoms with Crippen molar-refractivity contribution in [3.63, 3.8) is 0 Å². The minimum absolute atomic E-state index is 0. The van der Waals surface area contributed by atoms with E-state index in [4.69, 9.17) is 5.73 Å². The van der Waals surface area contributed by atoms with E-state index < -0.39 is 0 Å². The molecule has 0 radical (unpaired) electrons. The fraction of sp³-hybridized carbons (Fsp3) is 0.400. The Morgan fingerprint density at radius 3 is 2.50 bits per heavy atom. The molecule has 12 heavy (non-hydrogen) atoms. The normalized spacial score (nSPS) is 9.17. The standard InChI is InChI=1S/C10H15N.H3N/c1-3-5-9-8(2)6-4-7-10(9)11;/h4,6-7H,3,5,11H2,1-2H3;1H3. The SMILES string of the molecule is CCCc1c(C)cccc1N.N. The van der Waals surface area contributed by atoms with Crippen molar-refractivity contribution in [2.24, 2.45) is 0 Å². The first-order valence-corrected chi connectivity index (χ1v) is 4.09. The molecule has 1 aromatic carbocycles. The predicted molar refractivity (Wildman–Crippen MR) is 54.6 cm³/mol. The fourth-order valence-electron chi connectivity index (χ4n) is 1.32. The van der Waals surface area contributed by atoms with Gasteiger partial charge in [-0.1, -0.05) is 25.5 Å². The van der Waals surface area contributed by atoms with E-state index in [1.807, 2.05) is 12.1 Å². The quantitative estimate of drug-likeness (QED) is 0.663. The zero-order valence-electron chi connectivity index (χ0n) is 7.93. The molecule has 5 N–H and O–H groups in total. The molecule has 0 bridgehead atoms. The monoisotopic (exact) mass is 166 g/mol. The number of nitrogens with two attached hydrogens (primary N) is 1. The third-order valence-corrected chi connectivity index (χ3v) is 1.95. The van der Waals surface area contributed by atoms with Gasteiger partial charge >= 0.3 is 0 Å². The number of hydrogen-bond acceptors (Lipinski definition) is 2. The molecule has 0 unspecified atom stereocenters. The lowest BCUT2D eigenvalue weighted by molar-refractivity contribution is 0.915. The molecule has 0 aliphatic carbocycles. The van der Waals surface area contributed by atoms with Crippen molar-refractivity contribution < 1.29 is 0 Å². The van der Waals surface area contributed by atoms with Gasteiger partial charge in [-0.05, 0) is 30.5 Å². The number of nitrogen functional groups attached to an aromatic ring is 1. The highest BCUT2D eigenvalue weighted by atomic mass is 14.6. The van der Waals surface area contributed by atoms with Gasteiger partial charge in [0.15, 0.2) is 0 Å². The molecule has 0 amide bonds. The van der Waals surface area contributed by atoms with Crippen LogP contribution >= 0.6 is 0 Å². The van der Waals surface area contributed by atoms with Crippen LogP contribution in [0.25, 0.3) is 0 Å². The van der Waals surface area contributed by atoms with Gasteiger partial charge in [0.2, 0.25) is 0 Å². The first-order chi connectivity index (χ1) is 5.25. The summed E-state index contributed by atoms with van der Waals surface area (Å²) in [6, 6.07) is 6.09. The Morgan fingerprint density at radius 2 is 2.00 bits per heavy atom. The smallest absolute Gasteiger partial charge is 0.0349 e. The highest BCUT2D eigenvalue weighted by Gasteiger charge is 1.99. The fourth-order valence-corrected chi connectivity index (χ4v) is 1.32. The summed E-state index contributed by atoms with van der Waals surface area (Å²) < 4.78 is 0. The summed E-state index contributed by atoms with van der Waals surface area (Å²) in [4.78, 5) is 0. The van der Waals surface area contributed by atoms with Crippen LogP contribution in [0, 0.1) is 6.92 Å². The van der Waals surface area contributed by atoms with Crippen molar-refractivity contribution in [3.05, 3.63) is 29.3 Å². The highest BCUT2D eigenvalue weighted by Crippen LogP contribution is 2.17. The van der Waals surface area contributed by atoms with E-state index >= 15 is 0 Å². The van der Waals surface area contributed by atoms with Crippen molar-refractivity contribution in [2.45, 2.75) is 26.7 Å². The van der Waals surface area contributed by atoms with Crippen molar-refractivity contribution in [1.29, 1.82) is 0 Å². The minimum atomic E-state index is 0. The van der Waals surface area contributed by atoms with Crippen LogP contribution in [0.3, 0.4) is 0 Å². The molecule has 0 aliphatic rings. The average molecular weight is 166 g/mol. The second-order valence-electron chi connectivity index (χ2n) is 2.89. The maximum Gasteiger partial charge on any atom is 0.0349 e.